The lowest BCUT2D eigenvalue weighted by atomic mass is 10.0. The van der Waals surface area contributed by atoms with Gasteiger partial charge in [0, 0.05) is 44.3 Å². The zero-order chi connectivity index (χ0) is 15.8. The summed E-state index contributed by atoms with van der Waals surface area (Å²) in [5.74, 6) is 1.85. The van der Waals surface area contributed by atoms with Crippen LogP contribution in [-0.2, 0) is 4.74 Å². The molecule has 6 heteroatoms. The van der Waals surface area contributed by atoms with Crippen LogP contribution in [0.1, 0.15) is 42.0 Å². The first-order valence-electron chi connectivity index (χ1n) is 8.66. The minimum absolute atomic E-state index is 0.0527. The molecule has 124 valence electrons. The van der Waals surface area contributed by atoms with Gasteiger partial charge in [0.05, 0.1) is 13.2 Å². The summed E-state index contributed by atoms with van der Waals surface area (Å²) in [6.07, 6.45) is 4.03. The summed E-state index contributed by atoms with van der Waals surface area (Å²) in [6, 6.07) is 2.19. The normalized spacial score (nSPS) is 29.0. The Labute approximate surface area is 136 Å². The second kappa shape index (κ2) is 6.17. The lowest BCUT2D eigenvalue weighted by molar-refractivity contribution is 0.0119. The van der Waals surface area contributed by atoms with Crippen molar-refractivity contribution >= 4 is 5.91 Å². The molecule has 0 aromatic carbocycles. The molecule has 4 rings (SSSR count). The number of carbonyl (C=O) groups is 1. The fraction of sp³-hybridized carbons (Fsp3) is 0.706. The van der Waals surface area contributed by atoms with Gasteiger partial charge in [-0.25, -0.2) is 9.97 Å². The van der Waals surface area contributed by atoms with E-state index in [2.05, 4.69) is 21.8 Å². The third kappa shape index (κ3) is 3.10. The van der Waals surface area contributed by atoms with Crippen LogP contribution in [0.4, 0.5) is 0 Å². The van der Waals surface area contributed by atoms with Crippen LogP contribution in [0.3, 0.4) is 0 Å². The van der Waals surface area contributed by atoms with Gasteiger partial charge in [0.15, 0.2) is 0 Å². The van der Waals surface area contributed by atoms with Gasteiger partial charge in [-0.2, -0.15) is 0 Å². The number of aromatic nitrogens is 2. The molecule has 2 saturated heterocycles. The Bertz CT molecular complexity index is 584. The lowest BCUT2D eigenvalue weighted by Crippen LogP contribution is -2.47. The third-order valence-corrected chi connectivity index (χ3v) is 5.21. The zero-order valence-corrected chi connectivity index (χ0v) is 13.6. The van der Waals surface area contributed by atoms with Crippen molar-refractivity contribution in [2.24, 2.45) is 5.92 Å². The van der Waals surface area contributed by atoms with Crippen LogP contribution in [0, 0.1) is 5.92 Å². The number of hydrogen-bond acceptors (Lipinski definition) is 5. The van der Waals surface area contributed by atoms with E-state index >= 15 is 0 Å². The fourth-order valence-electron chi connectivity index (χ4n) is 3.69. The first-order chi connectivity index (χ1) is 11.2. The highest BCUT2D eigenvalue weighted by Crippen LogP contribution is 2.37. The molecule has 3 fully saturated rings. The van der Waals surface area contributed by atoms with E-state index in [1.807, 2.05) is 4.90 Å². The highest BCUT2D eigenvalue weighted by Gasteiger charge is 2.37. The highest BCUT2D eigenvalue weighted by molar-refractivity contribution is 5.92. The van der Waals surface area contributed by atoms with Crippen LogP contribution in [0.15, 0.2) is 12.3 Å². The van der Waals surface area contributed by atoms with E-state index in [4.69, 9.17) is 4.74 Å². The average molecular weight is 316 g/mol. The molecular formula is C17H24N4O2. The monoisotopic (exact) mass is 316 g/mol. The van der Waals surface area contributed by atoms with Gasteiger partial charge >= 0.3 is 0 Å². The molecule has 0 unspecified atom stereocenters. The number of nitrogens with zero attached hydrogens (tertiary/aromatic N) is 4. The van der Waals surface area contributed by atoms with Crippen LogP contribution in [0.25, 0.3) is 0 Å². The standard InChI is InChI=1S/C17H24N4O2/c1-12-10-21(11-15(12)20-6-8-23-9-7-20)17(22)14-4-5-18-16(19-14)13-2-3-13/h4-5,12-13,15H,2-3,6-11H2,1H3/t12-,15+/m1/s1. The molecule has 2 atom stereocenters. The molecule has 1 amide bonds. The summed E-state index contributed by atoms with van der Waals surface area (Å²) in [5, 5.41) is 0. The van der Waals surface area contributed by atoms with Crippen LogP contribution in [0.5, 0.6) is 0 Å². The third-order valence-electron chi connectivity index (χ3n) is 5.21. The van der Waals surface area contributed by atoms with Crippen molar-refractivity contribution in [3.8, 4) is 0 Å². The summed E-state index contributed by atoms with van der Waals surface area (Å²) >= 11 is 0. The smallest absolute Gasteiger partial charge is 0.272 e. The Morgan fingerprint density at radius 3 is 2.78 bits per heavy atom. The van der Waals surface area contributed by atoms with E-state index in [1.54, 1.807) is 12.3 Å². The molecule has 3 aliphatic rings. The predicted octanol–water partition coefficient (Wildman–Crippen LogP) is 1.15. The van der Waals surface area contributed by atoms with Gasteiger partial charge in [0.1, 0.15) is 11.5 Å². The predicted molar refractivity (Wildman–Crippen MR) is 85.3 cm³/mol. The molecule has 0 bridgehead atoms. The van der Waals surface area contributed by atoms with Crippen LogP contribution < -0.4 is 0 Å². The van der Waals surface area contributed by atoms with Crippen LogP contribution in [0.2, 0.25) is 0 Å². The van der Waals surface area contributed by atoms with E-state index in [0.717, 1.165) is 58.1 Å². The first-order valence-corrected chi connectivity index (χ1v) is 8.66. The molecule has 0 N–H and O–H groups in total. The highest BCUT2D eigenvalue weighted by atomic mass is 16.5. The number of morpholine rings is 1. The Balaban J connectivity index is 1.45. The minimum atomic E-state index is 0.0527. The van der Waals surface area contributed by atoms with Crippen molar-refractivity contribution in [3.63, 3.8) is 0 Å². The van der Waals surface area contributed by atoms with E-state index in [1.165, 1.54) is 0 Å². The van der Waals surface area contributed by atoms with Gasteiger partial charge in [-0.15, -0.1) is 0 Å². The van der Waals surface area contributed by atoms with Gasteiger partial charge in [-0.3, -0.25) is 9.69 Å². The largest absolute Gasteiger partial charge is 0.379 e. The number of amides is 1. The van der Waals surface area contributed by atoms with Gasteiger partial charge in [0.2, 0.25) is 0 Å². The van der Waals surface area contributed by atoms with Crippen molar-refractivity contribution in [1.82, 2.24) is 19.8 Å². The molecule has 2 aliphatic heterocycles. The summed E-state index contributed by atoms with van der Waals surface area (Å²) in [5.41, 5.74) is 0.553. The maximum absolute atomic E-state index is 12.8. The molecule has 1 saturated carbocycles. The molecule has 6 nitrogen and oxygen atoms in total. The summed E-state index contributed by atoms with van der Waals surface area (Å²) < 4.78 is 5.44. The summed E-state index contributed by atoms with van der Waals surface area (Å²) in [6.45, 7) is 7.38. The number of hydrogen-bond donors (Lipinski definition) is 0. The van der Waals surface area contributed by atoms with E-state index in [0.29, 0.717) is 23.6 Å². The van der Waals surface area contributed by atoms with E-state index < -0.39 is 0 Å². The lowest BCUT2D eigenvalue weighted by Gasteiger charge is -2.33. The van der Waals surface area contributed by atoms with Gasteiger partial charge in [0.25, 0.3) is 5.91 Å². The van der Waals surface area contributed by atoms with Crippen molar-refractivity contribution in [3.05, 3.63) is 23.8 Å². The molecule has 0 spiro atoms. The first kappa shape index (κ1) is 15.0. The Kier molecular flexibility index (Phi) is 4.03. The van der Waals surface area contributed by atoms with Gasteiger partial charge < -0.3 is 9.64 Å². The molecule has 1 aromatic heterocycles. The Morgan fingerprint density at radius 1 is 1.26 bits per heavy atom. The zero-order valence-electron chi connectivity index (χ0n) is 13.6. The van der Waals surface area contributed by atoms with E-state index in [9.17, 15) is 4.79 Å². The van der Waals surface area contributed by atoms with E-state index in [-0.39, 0.29) is 5.91 Å². The van der Waals surface area contributed by atoms with Crippen molar-refractivity contribution in [2.45, 2.75) is 31.7 Å². The molecule has 1 aromatic rings. The topological polar surface area (TPSA) is 58.6 Å². The maximum atomic E-state index is 12.8. The van der Waals surface area contributed by atoms with Crippen LogP contribution >= 0.6 is 0 Å². The van der Waals surface area contributed by atoms with Crippen molar-refractivity contribution < 1.29 is 9.53 Å². The fourth-order valence-corrected chi connectivity index (χ4v) is 3.69. The molecule has 3 heterocycles. The summed E-state index contributed by atoms with van der Waals surface area (Å²) in [7, 11) is 0. The number of likely N-dealkylation sites (tertiary alicyclic amines) is 1. The van der Waals surface area contributed by atoms with Crippen molar-refractivity contribution in [1.29, 1.82) is 0 Å². The Hall–Kier alpha value is -1.53. The number of carbonyl (C=O) groups excluding carboxylic acids is 1. The quantitative estimate of drug-likeness (QED) is 0.837. The average Bonchev–Trinajstić information content (AvgIpc) is 3.37. The second-order valence-electron chi connectivity index (χ2n) is 6.98. The minimum Gasteiger partial charge on any atom is -0.379 e. The molecule has 23 heavy (non-hydrogen) atoms. The molecular weight excluding hydrogens is 292 g/mol. The maximum Gasteiger partial charge on any atom is 0.272 e. The summed E-state index contributed by atoms with van der Waals surface area (Å²) in [4.78, 5) is 26.1. The second-order valence-corrected chi connectivity index (χ2v) is 6.98. The molecule has 1 aliphatic carbocycles. The Morgan fingerprint density at radius 2 is 2.04 bits per heavy atom. The molecule has 0 radical (unpaired) electrons. The van der Waals surface area contributed by atoms with Gasteiger partial charge in [-0.05, 0) is 24.8 Å². The van der Waals surface area contributed by atoms with Crippen LogP contribution in [-0.4, -0.2) is 71.1 Å². The SMILES string of the molecule is C[C@@H]1CN(C(=O)c2ccnc(C3CC3)n2)C[C@@H]1N1CCOCC1. The van der Waals surface area contributed by atoms with Gasteiger partial charge in [-0.1, -0.05) is 6.92 Å². The number of ether oxygens (including phenoxy) is 1. The van der Waals surface area contributed by atoms with Crippen molar-refractivity contribution in [2.75, 3.05) is 39.4 Å². The number of rotatable bonds is 3.